The van der Waals surface area contributed by atoms with Crippen molar-refractivity contribution in [2.75, 3.05) is 6.54 Å². The molecular weight excluding hydrogens is 299 g/mol. The normalized spacial score (nSPS) is 14.0. The summed E-state index contributed by atoms with van der Waals surface area (Å²) in [5.74, 6) is 0. The van der Waals surface area contributed by atoms with Crippen LogP contribution < -0.4 is 5.32 Å². The summed E-state index contributed by atoms with van der Waals surface area (Å²) in [6, 6.07) is -0.344. The minimum Gasteiger partial charge on any atom is -0.309 e. The summed E-state index contributed by atoms with van der Waals surface area (Å²) >= 11 is 3.30. The minimum atomic E-state index is -4.13. The number of rotatable bonds is 5. The van der Waals surface area contributed by atoms with E-state index in [-0.39, 0.29) is 12.5 Å². The Bertz CT molecular complexity index is 343. The molecule has 1 atom stereocenters. The highest BCUT2D eigenvalue weighted by molar-refractivity contribution is 9.10. The van der Waals surface area contributed by atoms with Crippen LogP contribution in [0.25, 0.3) is 0 Å². The second-order valence-electron chi connectivity index (χ2n) is 3.77. The Morgan fingerprint density at radius 1 is 1.53 bits per heavy atom. The van der Waals surface area contributed by atoms with E-state index in [1.165, 1.54) is 0 Å². The van der Waals surface area contributed by atoms with Crippen LogP contribution in [0.1, 0.15) is 31.5 Å². The van der Waals surface area contributed by atoms with Crippen LogP contribution in [0.15, 0.2) is 10.7 Å². The van der Waals surface area contributed by atoms with Crippen LogP contribution >= 0.6 is 15.9 Å². The highest BCUT2D eigenvalue weighted by Gasteiger charge is 2.29. The number of aryl methyl sites for hydroxylation is 1. The van der Waals surface area contributed by atoms with Gasteiger partial charge in [-0.15, -0.1) is 0 Å². The van der Waals surface area contributed by atoms with E-state index in [0.29, 0.717) is 6.54 Å². The SMILES string of the molecule is CCNC(CCC(F)(F)F)c1c(Br)cnn1C. The summed E-state index contributed by atoms with van der Waals surface area (Å²) in [5, 5.41) is 7.06. The molecule has 1 unspecified atom stereocenters. The van der Waals surface area contributed by atoms with Gasteiger partial charge in [0.15, 0.2) is 0 Å². The van der Waals surface area contributed by atoms with Crippen molar-refractivity contribution in [3.8, 4) is 0 Å². The van der Waals surface area contributed by atoms with Crippen molar-refractivity contribution in [1.82, 2.24) is 15.1 Å². The lowest BCUT2D eigenvalue weighted by molar-refractivity contribution is -0.136. The Balaban J connectivity index is 2.79. The van der Waals surface area contributed by atoms with Crippen molar-refractivity contribution < 1.29 is 13.2 Å². The first kappa shape index (κ1) is 14.5. The summed E-state index contributed by atoms with van der Waals surface area (Å²) in [5.41, 5.74) is 0.746. The largest absolute Gasteiger partial charge is 0.389 e. The Morgan fingerprint density at radius 2 is 2.18 bits per heavy atom. The van der Waals surface area contributed by atoms with E-state index in [9.17, 15) is 13.2 Å². The number of nitrogens with one attached hydrogen (secondary N) is 1. The third-order valence-corrected chi connectivity index (χ3v) is 3.05. The molecule has 1 N–H and O–H groups in total. The Kier molecular flexibility index (Phi) is 5.00. The van der Waals surface area contributed by atoms with Crippen molar-refractivity contribution in [1.29, 1.82) is 0 Å². The van der Waals surface area contributed by atoms with Gasteiger partial charge in [0.25, 0.3) is 0 Å². The molecule has 0 saturated carbocycles. The predicted molar refractivity (Wildman–Crippen MR) is 62.6 cm³/mol. The summed E-state index contributed by atoms with van der Waals surface area (Å²) in [6.07, 6.45) is -3.33. The van der Waals surface area contributed by atoms with Crippen LogP contribution in [0.4, 0.5) is 13.2 Å². The molecule has 98 valence electrons. The molecule has 17 heavy (non-hydrogen) atoms. The average Bonchev–Trinajstić information content (AvgIpc) is 2.53. The number of aromatic nitrogens is 2. The second kappa shape index (κ2) is 5.86. The van der Waals surface area contributed by atoms with Crippen LogP contribution in [0, 0.1) is 0 Å². The number of nitrogens with zero attached hydrogens (tertiary/aromatic N) is 2. The van der Waals surface area contributed by atoms with E-state index in [1.54, 1.807) is 17.9 Å². The van der Waals surface area contributed by atoms with Gasteiger partial charge in [0.2, 0.25) is 0 Å². The van der Waals surface area contributed by atoms with Crippen LogP contribution in [-0.4, -0.2) is 22.5 Å². The maximum absolute atomic E-state index is 12.2. The molecule has 7 heteroatoms. The summed E-state index contributed by atoms with van der Waals surface area (Å²) < 4.78 is 39.0. The van der Waals surface area contributed by atoms with Gasteiger partial charge >= 0.3 is 6.18 Å². The van der Waals surface area contributed by atoms with E-state index < -0.39 is 12.6 Å². The third-order valence-electron chi connectivity index (χ3n) is 2.43. The topological polar surface area (TPSA) is 29.9 Å². The molecular formula is C10H15BrF3N3. The molecule has 1 aromatic heterocycles. The first-order valence-corrected chi connectivity index (χ1v) is 6.12. The van der Waals surface area contributed by atoms with Crippen LogP contribution in [0.3, 0.4) is 0 Å². The second-order valence-corrected chi connectivity index (χ2v) is 4.62. The molecule has 1 rings (SSSR count). The van der Waals surface area contributed by atoms with Crippen LogP contribution in [0.5, 0.6) is 0 Å². The van der Waals surface area contributed by atoms with Gasteiger partial charge in [-0.3, -0.25) is 4.68 Å². The standard InChI is InChI=1S/C10H15BrF3N3/c1-3-15-8(4-5-10(12,13)14)9-7(11)6-16-17(9)2/h6,8,15H,3-5H2,1-2H3. The first-order chi connectivity index (χ1) is 7.85. The average molecular weight is 314 g/mol. The number of hydrogen-bond donors (Lipinski definition) is 1. The highest BCUT2D eigenvalue weighted by Crippen LogP contribution is 2.30. The maximum Gasteiger partial charge on any atom is 0.389 e. The Hall–Kier alpha value is -0.560. The molecule has 1 aromatic rings. The van der Waals surface area contributed by atoms with Gasteiger partial charge < -0.3 is 5.32 Å². The fourth-order valence-electron chi connectivity index (χ4n) is 1.70. The van der Waals surface area contributed by atoms with Crippen molar-refractivity contribution in [2.24, 2.45) is 7.05 Å². The lowest BCUT2D eigenvalue weighted by Crippen LogP contribution is -2.25. The Morgan fingerprint density at radius 3 is 2.59 bits per heavy atom. The lowest BCUT2D eigenvalue weighted by atomic mass is 10.1. The predicted octanol–water partition coefficient (Wildman–Crippen LogP) is 3.18. The Labute approximate surface area is 107 Å². The number of hydrogen-bond acceptors (Lipinski definition) is 2. The summed E-state index contributed by atoms with van der Waals surface area (Å²) in [4.78, 5) is 0. The maximum atomic E-state index is 12.2. The number of halogens is 4. The zero-order valence-corrected chi connectivity index (χ0v) is 11.3. The summed E-state index contributed by atoms with van der Waals surface area (Å²) in [6.45, 7) is 2.48. The monoisotopic (exact) mass is 313 g/mol. The van der Waals surface area contributed by atoms with Gasteiger partial charge in [0, 0.05) is 13.5 Å². The van der Waals surface area contributed by atoms with E-state index in [2.05, 4.69) is 26.3 Å². The van der Waals surface area contributed by atoms with Gasteiger partial charge in [0.1, 0.15) is 0 Å². The molecule has 0 fully saturated rings. The van der Waals surface area contributed by atoms with Crippen molar-refractivity contribution >= 4 is 15.9 Å². The van der Waals surface area contributed by atoms with E-state index in [0.717, 1.165) is 10.2 Å². The lowest BCUT2D eigenvalue weighted by Gasteiger charge is -2.19. The molecule has 0 spiro atoms. The van der Waals surface area contributed by atoms with E-state index in [4.69, 9.17) is 0 Å². The van der Waals surface area contributed by atoms with Crippen LogP contribution in [0.2, 0.25) is 0 Å². The molecule has 0 aromatic carbocycles. The molecule has 0 aliphatic heterocycles. The fraction of sp³-hybridized carbons (Fsp3) is 0.700. The van der Waals surface area contributed by atoms with Gasteiger partial charge in [0.05, 0.1) is 22.4 Å². The molecule has 3 nitrogen and oxygen atoms in total. The van der Waals surface area contributed by atoms with E-state index in [1.807, 2.05) is 6.92 Å². The molecule has 0 aliphatic rings. The number of alkyl halides is 3. The molecule has 1 heterocycles. The molecule has 0 aliphatic carbocycles. The highest BCUT2D eigenvalue weighted by atomic mass is 79.9. The molecule has 0 saturated heterocycles. The first-order valence-electron chi connectivity index (χ1n) is 5.32. The van der Waals surface area contributed by atoms with Gasteiger partial charge in [-0.1, -0.05) is 6.92 Å². The van der Waals surface area contributed by atoms with Crippen molar-refractivity contribution in [3.63, 3.8) is 0 Å². The van der Waals surface area contributed by atoms with Gasteiger partial charge in [-0.05, 0) is 28.9 Å². The van der Waals surface area contributed by atoms with Gasteiger partial charge in [-0.2, -0.15) is 18.3 Å². The molecule has 0 amide bonds. The van der Waals surface area contributed by atoms with E-state index >= 15 is 0 Å². The van der Waals surface area contributed by atoms with Crippen molar-refractivity contribution in [3.05, 3.63) is 16.4 Å². The third kappa shape index (κ3) is 4.31. The minimum absolute atomic E-state index is 0.00940. The fourth-order valence-corrected chi connectivity index (χ4v) is 2.33. The summed E-state index contributed by atoms with van der Waals surface area (Å²) in [7, 11) is 1.72. The van der Waals surface area contributed by atoms with Crippen molar-refractivity contribution in [2.45, 2.75) is 32.0 Å². The zero-order chi connectivity index (χ0) is 13.1. The smallest absolute Gasteiger partial charge is 0.309 e. The van der Waals surface area contributed by atoms with Crippen LogP contribution in [-0.2, 0) is 7.05 Å². The molecule has 0 radical (unpaired) electrons. The zero-order valence-electron chi connectivity index (χ0n) is 9.68. The van der Waals surface area contributed by atoms with Gasteiger partial charge in [-0.25, -0.2) is 0 Å². The molecule has 0 bridgehead atoms. The quantitative estimate of drug-likeness (QED) is 0.905.